The fraction of sp³-hybridized carbons (Fsp3) is 0.667. The molecule has 0 heterocycles. The molecule has 3 N–H and O–H groups in total. The number of carboxylic acids is 1. The predicted octanol–water partition coefficient (Wildman–Crippen LogP) is -0.582. The van der Waals surface area contributed by atoms with Crippen LogP contribution in [0.2, 0.25) is 0 Å². The van der Waals surface area contributed by atoms with Crippen molar-refractivity contribution in [1.82, 2.24) is 0 Å². The minimum Gasteiger partial charge on any atom is -0.480 e. The molecule has 6 heavy (non-hydrogen) atoms. The smallest absolute Gasteiger partial charge is 0.320 e. The molecule has 0 bridgehead atoms. The van der Waals surface area contributed by atoms with Crippen molar-refractivity contribution in [3.05, 3.63) is 0 Å². The first-order valence-electron chi connectivity index (χ1n) is 2.53. The summed E-state index contributed by atoms with van der Waals surface area (Å²) in [5, 5.41) is 8.01. The van der Waals surface area contributed by atoms with Gasteiger partial charge in [-0.25, -0.2) is 0 Å². The summed E-state index contributed by atoms with van der Waals surface area (Å²) in [6, 6.07) is -2.12. The Balaban J connectivity index is 3.91. The molecule has 1 atom stereocenters. The minimum absolute atomic E-state index is 0.623. The maximum Gasteiger partial charge on any atom is 0.320 e. The standard InChI is InChI=1S/C3H7NO2/c1-2(4)3(5)6/h2H,4H2,1H3,(H,5,6)/t2-/m0/s1/i1T,2T. The van der Waals surface area contributed by atoms with Crippen LogP contribution in [-0.4, -0.2) is 17.1 Å². The molecule has 0 rings (SSSR count). The number of hydrogen-bond acceptors (Lipinski definition) is 2. The summed E-state index contributed by atoms with van der Waals surface area (Å²) >= 11 is 0. The van der Waals surface area contributed by atoms with Gasteiger partial charge in [-0.1, -0.05) is 0 Å². The number of rotatable bonds is 1. The van der Waals surface area contributed by atoms with Crippen LogP contribution in [0.25, 0.3) is 0 Å². The quantitative estimate of drug-likeness (QED) is 0.455. The monoisotopic (exact) mass is 93.1 g/mol. The summed E-state index contributed by atoms with van der Waals surface area (Å²) in [6.45, 7) is -0.623. The third kappa shape index (κ3) is 1.72. The van der Waals surface area contributed by atoms with Crippen LogP contribution in [0, 0.1) is 0 Å². The highest BCUT2D eigenvalue weighted by atomic mass is 16.4. The average Bonchev–Trinajstić information content (AvgIpc) is 1.67. The molecule has 0 aromatic heterocycles. The van der Waals surface area contributed by atoms with Crippen LogP contribution in [0.1, 0.15) is 9.64 Å². The van der Waals surface area contributed by atoms with E-state index < -0.39 is 18.9 Å². The van der Waals surface area contributed by atoms with Gasteiger partial charge in [-0.2, -0.15) is 0 Å². The second-order valence-electron chi connectivity index (χ2n) is 0.830. The summed E-state index contributed by atoms with van der Waals surface area (Å²) in [7, 11) is 0. The van der Waals surface area contributed by atoms with Crippen molar-refractivity contribution in [3.63, 3.8) is 0 Å². The Hall–Kier alpha value is -0.570. The second kappa shape index (κ2) is 1.77. The molecule has 0 aliphatic heterocycles. The zero-order valence-electron chi connectivity index (χ0n) is 5.14. The Morgan fingerprint density at radius 2 is 3.00 bits per heavy atom. The van der Waals surface area contributed by atoms with Crippen LogP contribution in [-0.2, 0) is 4.79 Å². The molecular weight excluding hydrogens is 82.0 g/mol. The van der Waals surface area contributed by atoms with Crippen LogP contribution in [0.5, 0.6) is 0 Å². The largest absolute Gasteiger partial charge is 0.480 e. The van der Waals surface area contributed by atoms with Crippen LogP contribution in [0.3, 0.4) is 0 Å². The minimum atomic E-state index is -2.12. The number of aliphatic carboxylic acids is 1. The van der Waals surface area contributed by atoms with Gasteiger partial charge in [-0.05, 0) is 6.90 Å². The van der Waals surface area contributed by atoms with E-state index in [1.165, 1.54) is 0 Å². The molecule has 0 aromatic rings. The Bertz CT molecular complexity index is 103. The van der Waals surface area contributed by atoms with Gasteiger partial charge in [0.15, 0.2) is 0 Å². The fourth-order valence-corrected chi connectivity index (χ4v) is 0. The van der Waals surface area contributed by atoms with E-state index in [0.717, 1.165) is 0 Å². The molecule has 0 spiro atoms. The third-order valence-electron chi connectivity index (χ3n) is 0.275. The maximum absolute atomic E-state index is 9.82. The summed E-state index contributed by atoms with van der Waals surface area (Å²) in [5.41, 5.74) is 4.74. The van der Waals surface area contributed by atoms with E-state index in [-0.39, 0.29) is 0 Å². The third-order valence-corrected chi connectivity index (χ3v) is 0.275. The van der Waals surface area contributed by atoms with E-state index in [1.807, 2.05) is 0 Å². The van der Waals surface area contributed by atoms with Gasteiger partial charge in [0, 0.05) is 1.37 Å². The molecule has 0 aliphatic rings. The van der Waals surface area contributed by atoms with Gasteiger partial charge in [0.05, 0.1) is 1.37 Å². The van der Waals surface area contributed by atoms with Crippen LogP contribution in [0.4, 0.5) is 0 Å². The molecule has 0 aliphatic carbocycles. The zero-order valence-corrected chi connectivity index (χ0v) is 3.14. The summed E-state index contributed by atoms with van der Waals surface area (Å²) in [5.74, 6) is -1.47. The predicted molar refractivity (Wildman–Crippen MR) is 21.3 cm³/mol. The molecule has 0 aromatic carbocycles. The van der Waals surface area contributed by atoms with Crippen molar-refractivity contribution in [2.75, 3.05) is 0 Å². The van der Waals surface area contributed by atoms with Crippen molar-refractivity contribution in [3.8, 4) is 0 Å². The van der Waals surface area contributed by atoms with Gasteiger partial charge < -0.3 is 10.8 Å². The van der Waals surface area contributed by atoms with E-state index in [4.69, 9.17) is 13.6 Å². The first-order valence-corrected chi connectivity index (χ1v) is 1.32. The molecule has 0 saturated carbocycles. The average molecular weight is 93.1 g/mol. The lowest BCUT2D eigenvalue weighted by Crippen LogP contribution is -2.25. The van der Waals surface area contributed by atoms with Gasteiger partial charge in [-0.3, -0.25) is 4.79 Å². The molecule has 0 saturated heterocycles. The van der Waals surface area contributed by atoms with Crippen LogP contribution < -0.4 is 5.73 Å². The van der Waals surface area contributed by atoms with E-state index in [2.05, 4.69) is 0 Å². The number of nitrogens with two attached hydrogens (primary N) is 1. The molecule has 0 amide bonds. The normalized spacial score (nSPS) is 23.5. The summed E-state index contributed by atoms with van der Waals surface area (Å²) in [6.07, 6.45) is 0. The Labute approximate surface area is 38.6 Å². The van der Waals surface area contributed by atoms with Gasteiger partial charge in [0.1, 0.15) is 6.02 Å². The molecule has 0 radical (unpaired) electrons. The van der Waals surface area contributed by atoms with E-state index in [1.54, 1.807) is 0 Å². The molecular formula is C3H7NO2. The van der Waals surface area contributed by atoms with Gasteiger partial charge >= 0.3 is 5.97 Å². The lowest BCUT2D eigenvalue weighted by Gasteiger charge is -1.90. The van der Waals surface area contributed by atoms with Crippen molar-refractivity contribution in [1.29, 1.82) is 0 Å². The van der Waals surface area contributed by atoms with E-state index in [0.29, 0.717) is 0 Å². The number of carbonyl (C=O) groups is 1. The summed E-state index contributed by atoms with van der Waals surface area (Å²) in [4.78, 5) is 9.82. The van der Waals surface area contributed by atoms with Gasteiger partial charge in [-0.15, -0.1) is 0 Å². The topological polar surface area (TPSA) is 63.3 Å². The Kier molecular flexibility index (Phi) is 0.759. The van der Waals surface area contributed by atoms with Crippen molar-refractivity contribution in [2.45, 2.75) is 12.9 Å². The van der Waals surface area contributed by atoms with Gasteiger partial charge in [0.25, 0.3) is 0 Å². The van der Waals surface area contributed by atoms with Crippen molar-refractivity contribution in [2.24, 2.45) is 5.73 Å². The number of carboxylic acid groups (broad SMARTS) is 1. The highest BCUT2D eigenvalue weighted by Crippen LogP contribution is 1.68. The highest BCUT2D eigenvalue weighted by Gasteiger charge is 1.99. The van der Waals surface area contributed by atoms with Crippen molar-refractivity contribution < 1.29 is 12.6 Å². The maximum atomic E-state index is 9.82. The van der Waals surface area contributed by atoms with Crippen LogP contribution in [0.15, 0.2) is 0 Å². The van der Waals surface area contributed by atoms with E-state index >= 15 is 0 Å². The summed E-state index contributed by atoms with van der Waals surface area (Å²) < 4.78 is 13.1. The Morgan fingerprint density at radius 1 is 2.50 bits per heavy atom. The van der Waals surface area contributed by atoms with Gasteiger partial charge in [0.2, 0.25) is 0 Å². The molecule has 36 valence electrons. The molecule has 3 nitrogen and oxygen atoms in total. The first kappa shape index (κ1) is 2.58. The Morgan fingerprint density at radius 3 is 3.00 bits per heavy atom. The lowest BCUT2D eigenvalue weighted by atomic mass is 10.4. The molecule has 3 heteroatoms. The second-order valence-corrected chi connectivity index (χ2v) is 0.830. The zero-order chi connectivity index (χ0) is 6.78. The lowest BCUT2D eigenvalue weighted by molar-refractivity contribution is -0.138. The molecule has 0 unspecified atom stereocenters. The van der Waals surface area contributed by atoms with Crippen molar-refractivity contribution >= 4 is 5.97 Å². The SMILES string of the molecule is [3H]C[C@]([3H])(N)C(=O)O. The number of hydrogen-bond donors (Lipinski definition) is 2. The van der Waals surface area contributed by atoms with Crippen LogP contribution >= 0.6 is 0 Å². The van der Waals surface area contributed by atoms with E-state index in [9.17, 15) is 4.79 Å². The fourth-order valence-electron chi connectivity index (χ4n) is 0. The first-order chi connectivity index (χ1) is 3.50. The molecule has 0 fully saturated rings. The highest BCUT2D eigenvalue weighted by molar-refractivity contribution is 5.72.